The SMILES string of the molecule is Nc1cccc(C2(O)CCC(N(CCN3CCCC3)C(=O)Nc3ccc(N)c(C(F)(F)F)c3)CC2)c1. The molecule has 0 bridgehead atoms. The van der Waals surface area contributed by atoms with Crippen LogP contribution >= 0.6 is 0 Å². The molecule has 4 rings (SSSR count). The van der Waals surface area contributed by atoms with Crippen LogP contribution in [-0.4, -0.2) is 53.2 Å². The highest BCUT2D eigenvalue weighted by molar-refractivity contribution is 5.90. The minimum atomic E-state index is -4.62. The highest BCUT2D eigenvalue weighted by Gasteiger charge is 2.38. The van der Waals surface area contributed by atoms with Crippen LogP contribution in [0.25, 0.3) is 0 Å². The number of amides is 2. The average molecular weight is 506 g/mol. The molecule has 36 heavy (non-hydrogen) atoms. The van der Waals surface area contributed by atoms with Crippen LogP contribution in [0.4, 0.5) is 35.0 Å². The van der Waals surface area contributed by atoms with Crippen LogP contribution in [0, 0.1) is 0 Å². The van der Waals surface area contributed by atoms with Gasteiger partial charge in [0.05, 0.1) is 11.2 Å². The van der Waals surface area contributed by atoms with Gasteiger partial charge in [-0.15, -0.1) is 0 Å². The first-order valence-electron chi connectivity index (χ1n) is 12.4. The Labute approximate surface area is 209 Å². The maximum absolute atomic E-state index is 13.3. The topological polar surface area (TPSA) is 108 Å². The van der Waals surface area contributed by atoms with Crippen molar-refractivity contribution in [3.05, 3.63) is 53.6 Å². The van der Waals surface area contributed by atoms with Crippen molar-refractivity contribution >= 4 is 23.1 Å². The monoisotopic (exact) mass is 505 g/mol. The van der Waals surface area contributed by atoms with Crippen molar-refractivity contribution in [2.45, 2.75) is 56.3 Å². The molecule has 0 unspecified atom stereocenters. The number of nitrogen functional groups attached to an aromatic ring is 2. The van der Waals surface area contributed by atoms with Gasteiger partial charge in [-0.1, -0.05) is 12.1 Å². The smallest absolute Gasteiger partial charge is 0.399 e. The van der Waals surface area contributed by atoms with Crippen LogP contribution < -0.4 is 16.8 Å². The van der Waals surface area contributed by atoms with Crippen LogP contribution in [-0.2, 0) is 11.8 Å². The van der Waals surface area contributed by atoms with E-state index in [9.17, 15) is 23.1 Å². The number of rotatable bonds is 6. The standard InChI is InChI=1S/C26H34F3N5O2/c27-26(28,29)22-17-20(6-7-23(22)31)32-24(35)34(15-14-33-12-1-2-13-33)21-8-10-25(36,11-9-21)18-4-3-5-19(30)16-18/h3-7,16-17,21,36H,1-2,8-15,30-31H2,(H,32,35). The summed E-state index contributed by atoms with van der Waals surface area (Å²) in [6, 6.07) is 10.0. The number of aliphatic hydroxyl groups is 1. The second-order valence-corrected chi connectivity index (χ2v) is 9.86. The van der Waals surface area contributed by atoms with Crippen molar-refractivity contribution in [3.8, 4) is 0 Å². The number of nitrogens with two attached hydrogens (primary N) is 2. The highest BCUT2D eigenvalue weighted by atomic mass is 19.4. The van der Waals surface area contributed by atoms with Gasteiger partial charge < -0.3 is 31.7 Å². The molecule has 196 valence electrons. The Hall–Kier alpha value is -2.98. The molecule has 0 atom stereocenters. The molecule has 2 fully saturated rings. The van der Waals surface area contributed by atoms with Gasteiger partial charge in [0, 0.05) is 36.2 Å². The summed E-state index contributed by atoms with van der Waals surface area (Å²) in [5.74, 6) is 0. The molecule has 1 saturated heterocycles. The molecule has 2 amide bonds. The van der Waals surface area contributed by atoms with Gasteiger partial charge in [0.2, 0.25) is 0 Å². The molecule has 2 aliphatic rings. The van der Waals surface area contributed by atoms with E-state index in [1.54, 1.807) is 17.0 Å². The van der Waals surface area contributed by atoms with E-state index in [1.807, 2.05) is 12.1 Å². The van der Waals surface area contributed by atoms with E-state index in [0.717, 1.165) is 43.6 Å². The summed E-state index contributed by atoms with van der Waals surface area (Å²) in [6.45, 7) is 3.09. The lowest BCUT2D eigenvalue weighted by molar-refractivity contribution is -0.136. The lowest BCUT2D eigenvalue weighted by Crippen LogP contribution is -2.49. The fraction of sp³-hybridized carbons (Fsp3) is 0.500. The van der Waals surface area contributed by atoms with Gasteiger partial charge in [-0.2, -0.15) is 13.2 Å². The number of alkyl halides is 3. The molecule has 6 N–H and O–H groups in total. The van der Waals surface area contributed by atoms with Gasteiger partial charge in [0.15, 0.2) is 0 Å². The van der Waals surface area contributed by atoms with E-state index >= 15 is 0 Å². The number of nitrogens with one attached hydrogen (secondary N) is 1. The van der Waals surface area contributed by atoms with E-state index in [0.29, 0.717) is 44.5 Å². The summed E-state index contributed by atoms with van der Waals surface area (Å²) in [7, 11) is 0. The van der Waals surface area contributed by atoms with Gasteiger partial charge in [-0.25, -0.2) is 4.79 Å². The first-order chi connectivity index (χ1) is 17.0. The first kappa shape index (κ1) is 26.1. The number of carbonyl (C=O) groups is 1. The molecule has 0 spiro atoms. The molecule has 0 radical (unpaired) electrons. The Morgan fingerprint density at radius 1 is 1.11 bits per heavy atom. The third-order valence-electron chi connectivity index (χ3n) is 7.37. The van der Waals surface area contributed by atoms with Crippen molar-refractivity contribution < 1.29 is 23.1 Å². The number of urea groups is 1. The van der Waals surface area contributed by atoms with Crippen LogP contribution in [0.15, 0.2) is 42.5 Å². The zero-order valence-corrected chi connectivity index (χ0v) is 20.2. The van der Waals surface area contributed by atoms with Crippen LogP contribution in [0.2, 0.25) is 0 Å². The Morgan fingerprint density at radius 3 is 2.44 bits per heavy atom. The molecular weight excluding hydrogens is 471 g/mol. The van der Waals surface area contributed by atoms with E-state index in [1.165, 1.54) is 6.07 Å². The quantitative estimate of drug-likeness (QED) is 0.428. The van der Waals surface area contributed by atoms with Crippen molar-refractivity contribution in [3.63, 3.8) is 0 Å². The van der Waals surface area contributed by atoms with E-state index in [2.05, 4.69) is 10.2 Å². The van der Waals surface area contributed by atoms with Crippen LogP contribution in [0.1, 0.15) is 49.7 Å². The van der Waals surface area contributed by atoms with Crippen molar-refractivity contribution in [2.75, 3.05) is 43.0 Å². The minimum absolute atomic E-state index is 0.0415. The number of likely N-dealkylation sites (tertiary alicyclic amines) is 1. The molecule has 2 aromatic carbocycles. The maximum atomic E-state index is 13.3. The summed E-state index contributed by atoms with van der Waals surface area (Å²) in [5.41, 5.74) is 10.4. The van der Waals surface area contributed by atoms with E-state index in [-0.39, 0.29) is 17.4 Å². The van der Waals surface area contributed by atoms with Gasteiger partial charge >= 0.3 is 12.2 Å². The fourth-order valence-electron chi connectivity index (χ4n) is 5.29. The largest absolute Gasteiger partial charge is 0.418 e. The fourth-order valence-corrected chi connectivity index (χ4v) is 5.29. The van der Waals surface area contributed by atoms with Crippen LogP contribution in [0.5, 0.6) is 0 Å². The Bertz CT molecular complexity index is 1060. The Morgan fingerprint density at radius 2 is 1.81 bits per heavy atom. The average Bonchev–Trinajstić information content (AvgIpc) is 3.35. The minimum Gasteiger partial charge on any atom is -0.399 e. The molecule has 10 heteroatoms. The predicted octanol–water partition coefficient (Wildman–Crippen LogP) is 4.63. The number of hydrogen-bond donors (Lipinski definition) is 4. The van der Waals surface area contributed by atoms with E-state index < -0.39 is 23.4 Å². The summed E-state index contributed by atoms with van der Waals surface area (Å²) in [5, 5.41) is 13.9. The Balaban J connectivity index is 1.49. The maximum Gasteiger partial charge on any atom is 0.418 e. The number of hydrogen-bond acceptors (Lipinski definition) is 5. The summed E-state index contributed by atoms with van der Waals surface area (Å²) < 4.78 is 39.9. The number of nitrogens with zero attached hydrogens (tertiary/aromatic N) is 2. The molecule has 0 aromatic heterocycles. The highest BCUT2D eigenvalue weighted by Crippen LogP contribution is 2.39. The van der Waals surface area contributed by atoms with Crippen molar-refractivity contribution in [1.82, 2.24) is 9.80 Å². The lowest BCUT2D eigenvalue weighted by Gasteiger charge is -2.41. The molecular formula is C26H34F3N5O2. The number of benzene rings is 2. The zero-order valence-electron chi connectivity index (χ0n) is 20.2. The normalized spacial score (nSPS) is 22.9. The lowest BCUT2D eigenvalue weighted by atomic mass is 9.77. The Kier molecular flexibility index (Phi) is 7.65. The van der Waals surface area contributed by atoms with Crippen LogP contribution in [0.3, 0.4) is 0 Å². The number of anilines is 3. The molecule has 1 saturated carbocycles. The number of halogens is 3. The molecule has 1 aliphatic heterocycles. The van der Waals surface area contributed by atoms with Gasteiger partial charge in [-0.05, 0) is 87.5 Å². The molecule has 1 heterocycles. The molecule has 7 nitrogen and oxygen atoms in total. The first-order valence-corrected chi connectivity index (χ1v) is 12.4. The number of carbonyl (C=O) groups excluding carboxylic acids is 1. The molecule has 2 aromatic rings. The van der Waals surface area contributed by atoms with Crippen molar-refractivity contribution in [2.24, 2.45) is 0 Å². The third kappa shape index (κ3) is 6.04. The molecule has 1 aliphatic carbocycles. The summed E-state index contributed by atoms with van der Waals surface area (Å²) >= 11 is 0. The third-order valence-corrected chi connectivity index (χ3v) is 7.37. The summed E-state index contributed by atoms with van der Waals surface area (Å²) in [6.07, 6.45) is -0.343. The zero-order chi connectivity index (χ0) is 25.9. The van der Waals surface area contributed by atoms with Gasteiger partial charge in [0.25, 0.3) is 0 Å². The summed E-state index contributed by atoms with van der Waals surface area (Å²) in [4.78, 5) is 17.3. The van der Waals surface area contributed by atoms with Gasteiger partial charge in [-0.3, -0.25) is 0 Å². The second kappa shape index (κ2) is 10.6. The van der Waals surface area contributed by atoms with Crippen molar-refractivity contribution in [1.29, 1.82) is 0 Å². The second-order valence-electron chi connectivity index (χ2n) is 9.86. The predicted molar refractivity (Wildman–Crippen MR) is 134 cm³/mol. The van der Waals surface area contributed by atoms with E-state index in [4.69, 9.17) is 11.5 Å². The van der Waals surface area contributed by atoms with Gasteiger partial charge in [0.1, 0.15) is 0 Å².